The second-order valence-electron chi connectivity index (χ2n) is 6.39. The average molecular weight is 390 g/mol. The third-order valence-corrected chi connectivity index (χ3v) is 4.86. The summed E-state index contributed by atoms with van der Waals surface area (Å²) in [6, 6.07) is 13.1. The standard InChI is InChI=1S/C20H24ClN3O3/c1-26-17-6-3-15(4-7-17)14-23-9-11-24(12-10-23)20(25)22-18-13-16(21)5-8-19(18)27-2/h3-8,13H,9-12,14H2,1-2H3,(H,22,25). The number of benzene rings is 2. The fraction of sp³-hybridized carbons (Fsp3) is 0.350. The summed E-state index contributed by atoms with van der Waals surface area (Å²) >= 11 is 6.02. The molecular weight excluding hydrogens is 366 g/mol. The number of carbonyl (C=O) groups excluding carboxylic acids is 1. The third-order valence-electron chi connectivity index (χ3n) is 4.63. The smallest absolute Gasteiger partial charge is 0.322 e. The van der Waals surface area contributed by atoms with Crippen LogP contribution in [0.3, 0.4) is 0 Å². The Morgan fingerprint density at radius 3 is 2.37 bits per heavy atom. The number of hydrogen-bond acceptors (Lipinski definition) is 4. The fourth-order valence-corrected chi connectivity index (χ4v) is 3.24. The highest BCUT2D eigenvalue weighted by molar-refractivity contribution is 6.31. The Bertz CT molecular complexity index is 775. The van der Waals surface area contributed by atoms with E-state index in [4.69, 9.17) is 21.1 Å². The number of nitrogens with one attached hydrogen (secondary N) is 1. The van der Waals surface area contributed by atoms with E-state index in [1.165, 1.54) is 5.56 Å². The molecule has 1 saturated heterocycles. The van der Waals surface area contributed by atoms with E-state index in [1.54, 1.807) is 32.4 Å². The van der Waals surface area contributed by atoms with Crippen molar-refractivity contribution >= 4 is 23.3 Å². The number of hydrogen-bond donors (Lipinski definition) is 1. The Labute approximate surface area is 164 Å². The monoisotopic (exact) mass is 389 g/mol. The lowest BCUT2D eigenvalue weighted by molar-refractivity contribution is 0.143. The number of amides is 2. The zero-order valence-corrected chi connectivity index (χ0v) is 16.3. The molecule has 7 heteroatoms. The van der Waals surface area contributed by atoms with Crippen molar-refractivity contribution in [2.24, 2.45) is 0 Å². The molecule has 1 aliphatic rings. The number of halogens is 1. The first-order valence-electron chi connectivity index (χ1n) is 8.84. The Hall–Kier alpha value is -2.44. The summed E-state index contributed by atoms with van der Waals surface area (Å²) in [5.74, 6) is 1.45. The van der Waals surface area contributed by atoms with Gasteiger partial charge in [-0.1, -0.05) is 23.7 Å². The molecule has 0 aromatic heterocycles. The molecule has 0 bridgehead atoms. The van der Waals surface area contributed by atoms with Crippen LogP contribution in [0.2, 0.25) is 5.02 Å². The molecule has 0 unspecified atom stereocenters. The molecule has 2 amide bonds. The number of nitrogens with zero attached hydrogens (tertiary/aromatic N) is 2. The minimum Gasteiger partial charge on any atom is -0.497 e. The number of piperazine rings is 1. The lowest BCUT2D eigenvalue weighted by Gasteiger charge is -2.34. The maximum atomic E-state index is 12.6. The summed E-state index contributed by atoms with van der Waals surface area (Å²) < 4.78 is 10.5. The first-order valence-corrected chi connectivity index (χ1v) is 9.21. The van der Waals surface area contributed by atoms with Crippen molar-refractivity contribution in [2.45, 2.75) is 6.54 Å². The number of rotatable bonds is 5. The normalized spacial score (nSPS) is 14.7. The van der Waals surface area contributed by atoms with Gasteiger partial charge in [-0.05, 0) is 35.9 Å². The second-order valence-corrected chi connectivity index (χ2v) is 6.82. The van der Waals surface area contributed by atoms with Gasteiger partial charge in [0.1, 0.15) is 11.5 Å². The molecule has 0 aliphatic carbocycles. The summed E-state index contributed by atoms with van der Waals surface area (Å²) in [4.78, 5) is 16.7. The van der Waals surface area contributed by atoms with E-state index >= 15 is 0 Å². The molecule has 3 rings (SSSR count). The van der Waals surface area contributed by atoms with Gasteiger partial charge in [-0.2, -0.15) is 0 Å². The van der Waals surface area contributed by atoms with Gasteiger partial charge in [-0.25, -0.2) is 4.79 Å². The largest absolute Gasteiger partial charge is 0.497 e. The average Bonchev–Trinajstić information content (AvgIpc) is 2.69. The first-order chi connectivity index (χ1) is 13.1. The summed E-state index contributed by atoms with van der Waals surface area (Å²) in [6.07, 6.45) is 0. The van der Waals surface area contributed by atoms with Crippen LogP contribution in [0.1, 0.15) is 5.56 Å². The van der Waals surface area contributed by atoms with Crippen molar-refractivity contribution in [1.82, 2.24) is 9.80 Å². The molecule has 6 nitrogen and oxygen atoms in total. The Balaban J connectivity index is 1.52. The highest BCUT2D eigenvalue weighted by atomic mass is 35.5. The molecule has 144 valence electrons. The van der Waals surface area contributed by atoms with Crippen molar-refractivity contribution in [2.75, 3.05) is 45.7 Å². The van der Waals surface area contributed by atoms with Crippen LogP contribution in [-0.4, -0.2) is 56.2 Å². The summed E-state index contributed by atoms with van der Waals surface area (Å²) in [7, 11) is 3.23. The summed E-state index contributed by atoms with van der Waals surface area (Å²) in [5.41, 5.74) is 1.81. The number of methoxy groups -OCH3 is 2. The molecule has 2 aromatic rings. The molecule has 1 heterocycles. The van der Waals surface area contributed by atoms with Gasteiger partial charge in [0.25, 0.3) is 0 Å². The van der Waals surface area contributed by atoms with Gasteiger partial charge in [-0.15, -0.1) is 0 Å². The predicted molar refractivity (Wildman–Crippen MR) is 107 cm³/mol. The topological polar surface area (TPSA) is 54.0 Å². The lowest BCUT2D eigenvalue weighted by Crippen LogP contribution is -2.49. The van der Waals surface area contributed by atoms with Crippen LogP contribution in [0.4, 0.5) is 10.5 Å². The lowest BCUT2D eigenvalue weighted by atomic mass is 10.2. The Morgan fingerprint density at radius 1 is 1.04 bits per heavy atom. The molecule has 0 saturated carbocycles. The quantitative estimate of drug-likeness (QED) is 0.847. The van der Waals surface area contributed by atoms with Gasteiger partial charge >= 0.3 is 6.03 Å². The van der Waals surface area contributed by atoms with Crippen molar-refractivity contribution in [3.05, 3.63) is 53.1 Å². The van der Waals surface area contributed by atoms with E-state index in [1.807, 2.05) is 17.0 Å². The molecule has 1 N–H and O–H groups in total. The molecule has 0 radical (unpaired) electrons. The SMILES string of the molecule is COc1ccc(CN2CCN(C(=O)Nc3cc(Cl)ccc3OC)CC2)cc1. The number of urea groups is 1. The zero-order chi connectivity index (χ0) is 19.2. The van der Waals surface area contributed by atoms with Gasteiger partial charge in [-0.3, -0.25) is 4.90 Å². The van der Waals surface area contributed by atoms with Gasteiger partial charge in [0.05, 0.1) is 19.9 Å². The number of ether oxygens (including phenoxy) is 2. The molecule has 0 spiro atoms. The van der Waals surface area contributed by atoms with Crippen LogP contribution in [-0.2, 0) is 6.54 Å². The van der Waals surface area contributed by atoms with Crippen LogP contribution >= 0.6 is 11.6 Å². The molecule has 27 heavy (non-hydrogen) atoms. The van der Waals surface area contributed by atoms with E-state index in [-0.39, 0.29) is 6.03 Å². The number of carbonyl (C=O) groups is 1. The Morgan fingerprint density at radius 2 is 1.74 bits per heavy atom. The van der Waals surface area contributed by atoms with Crippen LogP contribution in [0.15, 0.2) is 42.5 Å². The predicted octanol–water partition coefficient (Wildman–Crippen LogP) is 3.71. The van der Waals surface area contributed by atoms with Gasteiger partial charge in [0, 0.05) is 37.7 Å². The fourth-order valence-electron chi connectivity index (χ4n) is 3.07. The third kappa shape index (κ3) is 5.05. The zero-order valence-electron chi connectivity index (χ0n) is 15.6. The Kier molecular flexibility index (Phi) is 6.42. The second kappa shape index (κ2) is 8.97. The molecule has 1 aliphatic heterocycles. The highest BCUT2D eigenvalue weighted by Crippen LogP contribution is 2.28. The van der Waals surface area contributed by atoms with E-state index in [0.29, 0.717) is 29.5 Å². The van der Waals surface area contributed by atoms with Crippen LogP contribution in [0.25, 0.3) is 0 Å². The molecule has 1 fully saturated rings. The van der Waals surface area contributed by atoms with E-state index < -0.39 is 0 Å². The highest BCUT2D eigenvalue weighted by Gasteiger charge is 2.22. The molecule has 2 aromatic carbocycles. The van der Waals surface area contributed by atoms with Crippen molar-refractivity contribution in [3.8, 4) is 11.5 Å². The van der Waals surface area contributed by atoms with Crippen molar-refractivity contribution in [3.63, 3.8) is 0 Å². The van der Waals surface area contributed by atoms with Gasteiger partial charge in [0.2, 0.25) is 0 Å². The van der Waals surface area contributed by atoms with E-state index in [2.05, 4.69) is 22.3 Å². The van der Waals surface area contributed by atoms with E-state index in [0.717, 1.165) is 25.4 Å². The first kappa shape index (κ1) is 19.3. The minimum absolute atomic E-state index is 0.139. The maximum absolute atomic E-state index is 12.6. The minimum atomic E-state index is -0.139. The molecule has 0 atom stereocenters. The summed E-state index contributed by atoms with van der Waals surface area (Å²) in [5, 5.41) is 3.45. The number of anilines is 1. The van der Waals surface area contributed by atoms with E-state index in [9.17, 15) is 4.79 Å². The maximum Gasteiger partial charge on any atom is 0.322 e. The van der Waals surface area contributed by atoms with Gasteiger partial charge in [0.15, 0.2) is 0 Å². The van der Waals surface area contributed by atoms with Gasteiger partial charge < -0.3 is 19.7 Å². The summed E-state index contributed by atoms with van der Waals surface area (Å²) in [6.45, 7) is 3.86. The van der Waals surface area contributed by atoms with Crippen LogP contribution in [0, 0.1) is 0 Å². The molecular formula is C20H24ClN3O3. The van der Waals surface area contributed by atoms with Crippen molar-refractivity contribution < 1.29 is 14.3 Å². The van der Waals surface area contributed by atoms with Crippen molar-refractivity contribution in [1.29, 1.82) is 0 Å². The van der Waals surface area contributed by atoms with Crippen LogP contribution < -0.4 is 14.8 Å². The van der Waals surface area contributed by atoms with Crippen LogP contribution in [0.5, 0.6) is 11.5 Å².